The van der Waals surface area contributed by atoms with Crippen molar-refractivity contribution < 1.29 is 9.59 Å². The van der Waals surface area contributed by atoms with Crippen molar-refractivity contribution in [3.8, 4) is 24.7 Å². The Morgan fingerprint density at radius 2 is 1.10 bits per heavy atom. The lowest BCUT2D eigenvalue weighted by Crippen LogP contribution is -2.16. The molecule has 0 saturated carbocycles. The van der Waals surface area contributed by atoms with Crippen LogP contribution in [0.3, 0.4) is 0 Å². The first kappa shape index (κ1) is 29.8. The predicted molar refractivity (Wildman–Crippen MR) is 165 cm³/mol. The van der Waals surface area contributed by atoms with Gasteiger partial charge in [0.2, 0.25) is 11.8 Å². The third-order valence-electron chi connectivity index (χ3n) is 6.27. The number of hydrogen-bond acceptors (Lipinski definition) is 4. The number of halogens is 2. The highest BCUT2D eigenvalue weighted by Crippen LogP contribution is 2.26. The van der Waals surface area contributed by atoms with Crippen molar-refractivity contribution in [3.63, 3.8) is 0 Å². The molecule has 4 aromatic rings. The summed E-state index contributed by atoms with van der Waals surface area (Å²) in [7, 11) is 0. The molecule has 206 valence electrons. The van der Waals surface area contributed by atoms with E-state index < -0.39 is 0 Å². The minimum absolute atomic E-state index is 0.162. The molecule has 10 heteroatoms. The molecule has 0 aliphatic carbocycles. The first-order valence-electron chi connectivity index (χ1n) is 13.0. The van der Waals surface area contributed by atoms with Gasteiger partial charge in [0.05, 0.1) is 43.6 Å². The highest BCUT2D eigenvalue weighted by Gasteiger charge is 2.11. The van der Waals surface area contributed by atoms with Gasteiger partial charge in [0, 0.05) is 12.8 Å². The fourth-order valence-corrected chi connectivity index (χ4v) is 7.22. The summed E-state index contributed by atoms with van der Waals surface area (Å²) < 4.78 is 5.53. The summed E-state index contributed by atoms with van der Waals surface area (Å²) in [4.78, 5) is 34.8. The van der Waals surface area contributed by atoms with Crippen molar-refractivity contribution in [2.24, 2.45) is 9.98 Å². The van der Waals surface area contributed by atoms with Crippen LogP contribution in [0.15, 0.2) is 46.4 Å². The van der Waals surface area contributed by atoms with E-state index in [0.717, 1.165) is 59.0 Å². The highest BCUT2D eigenvalue weighted by molar-refractivity contribution is 7.16. The molecule has 0 spiro atoms. The van der Waals surface area contributed by atoms with Gasteiger partial charge >= 0.3 is 0 Å². The molecule has 0 N–H and O–H groups in total. The third-order valence-corrected chi connectivity index (χ3v) is 8.97. The van der Waals surface area contributed by atoms with Crippen molar-refractivity contribution in [2.75, 3.05) is 0 Å². The van der Waals surface area contributed by atoms with Gasteiger partial charge in [-0.05, 0) is 37.1 Å². The fraction of sp³-hybridized carbons (Fsp3) is 0.333. The van der Waals surface area contributed by atoms with Crippen LogP contribution in [0, 0.1) is 24.7 Å². The number of terminal acetylenes is 2. The second-order valence-electron chi connectivity index (χ2n) is 9.16. The number of hydrogen-bond donors (Lipinski definition) is 0. The summed E-state index contributed by atoms with van der Waals surface area (Å²) in [5, 5.41) is 1.18. The number of para-hydroxylation sites is 2. The number of carbonyl (C=O) groups is 2. The molecular formula is C30H28Cl2N4O2S2. The van der Waals surface area contributed by atoms with E-state index in [1.165, 1.54) is 22.7 Å². The quantitative estimate of drug-likeness (QED) is 0.136. The summed E-state index contributed by atoms with van der Waals surface area (Å²) in [6, 6.07) is 11.2. The first-order valence-corrected chi connectivity index (χ1v) is 15.4. The SMILES string of the molecule is C#CCn1c(=NC(=O)CCCCCCCCC(=O)N=c2sc3cccc(Cl)c3n2CC#C)sc2cccc(Cl)c21. The molecule has 0 bridgehead atoms. The first-order chi connectivity index (χ1) is 19.4. The number of unbranched alkanes of at least 4 members (excludes halogenated alkanes) is 5. The van der Waals surface area contributed by atoms with E-state index in [9.17, 15) is 9.59 Å². The normalized spacial score (nSPS) is 12.2. The Hall–Kier alpha value is -3.14. The average molecular weight is 612 g/mol. The van der Waals surface area contributed by atoms with E-state index in [0.29, 0.717) is 45.6 Å². The van der Waals surface area contributed by atoms with Gasteiger partial charge in [-0.1, -0.05) is 95.5 Å². The van der Waals surface area contributed by atoms with E-state index in [1.807, 2.05) is 33.4 Å². The van der Waals surface area contributed by atoms with Gasteiger partial charge in [-0.25, -0.2) is 0 Å². The topological polar surface area (TPSA) is 68.7 Å². The lowest BCUT2D eigenvalue weighted by Gasteiger charge is -2.02. The molecule has 0 aliphatic rings. The number of nitrogens with zero attached hydrogens (tertiary/aromatic N) is 4. The molecule has 40 heavy (non-hydrogen) atoms. The second-order valence-corrected chi connectivity index (χ2v) is 12.0. The van der Waals surface area contributed by atoms with E-state index in [2.05, 4.69) is 21.8 Å². The Labute approximate surface area is 251 Å². The van der Waals surface area contributed by atoms with Gasteiger partial charge in [0.1, 0.15) is 0 Å². The van der Waals surface area contributed by atoms with Gasteiger partial charge in [-0.3, -0.25) is 9.59 Å². The molecule has 2 aromatic carbocycles. The number of benzene rings is 2. The molecule has 4 rings (SSSR count). The van der Waals surface area contributed by atoms with E-state index in [4.69, 9.17) is 36.0 Å². The third kappa shape index (κ3) is 7.33. The predicted octanol–water partition coefficient (Wildman–Crippen LogP) is 6.97. The smallest absolute Gasteiger partial charge is 0.248 e. The summed E-state index contributed by atoms with van der Waals surface area (Å²) >= 11 is 15.5. The lowest BCUT2D eigenvalue weighted by atomic mass is 10.1. The molecule has 0 atom stereocenters. The summed E-state index contributed by atoms with van der Waals surface area (Å²) in [5.74, 6) is 4.90. The fourth-order valence-electron chi connectivity index (χ4n) is 4.40. The van der Waals surface area contributed by atoms with Crippen molar-refractivity contribution in [3.05, 3.63) is 56.0 Å². The maximum Gasteiger partial charge on any atom is 0.248 e. The Morgan fingerprint density at radius 1 is 0.700 bits per heavy atom. The van der Waals surface area contributed by atoms with E-state index in [1.54, 1.807) is 12.1 Å². The van der Waals surface area contributed by atoms with Gasteiger partial charge in [0.15, 0.2) is 9.60 Å². The maximum absolute atomic E-state index is 12.5. The zero-order chi connectivity index (χ0) is 28.5. The minimum Gasteiger partial charge on any atom is -0.303 e. The molecule has 2 amide bonds. The van der Waals surface area contributed by atoms with Crippen LogP contribution in [0.25, 0.3) is 20.4 Å². The Morgan fingerprint density at radius 3 is 1.50 bits per heavy atom. The lowest BCUT2D eigenvalue weighted by molar-refractivity contribution is -0.119. The number of carbonyl (C=O) groups excluding carboxylic acids is 2. The van der Waals surface area contributed by atoms with Crippen LogP contribution in [0.4, 0.5) is 0 Å². The number of amides is 2. The maximum atomic E-state index is 12.5. The Bertz CT molecular complexity index is 1630. The number of fused-ring (bicyclic) bond motifs is 2. The molecule has 0 radical (unpaired) electrons. The summed E-state index contributed by atoms with van der Waals surface area (Å²) in [5.41, 5.74) is 1.62. The van der Waals surface area contributed by atoms with Crippen LogP contribution in [-0.2, 0) is 22.7 Å². The van der Waals surface area contributed by atoms with Crippen LogP contribution < -0.4 is 9.60 Å². The van der Waals surface area contributed by atoms with Gasteiger partial charge in [-0.2, -0.15) is 9.98 Å². The zero-order valence-corrected chi connectivity index (χ0v) is 25.0. The van der Waals surface area contributed by atoms with Crippen LogP contribution in [0.2, 0.25) is 10.0 Å². The van der Waals surface area contributed by atoms with Gasteiger partial charge < -0.3 is 9.13 Å². The van der Waals surface area contributed by atoms with E-state index in [-0.39, 0.29) is 11.8 Å². The van der Waals surface area contributed by atoms with Crippen molar-refractivity contribution in [2.45, 2.75) is 64.5 Å². The molecule has 0 aliphatic heterocycles. The summed E-state index contributed by atoms with van der Waals surface area (Å²) in [6.07, 6.45) is 17.2. The molecule has 2 aromatic heterocycles. The van der Waals surface area contributed by atoms with Crippen molar-refractivity contribution >= 4 is 78.1 Å². The van der Waals surface area contributed by atoms with Gasteiger partial charge in [-0.15, -0.1) is 12.8 Å². The van der Waals surface area contributed by atoms with Crippen LogP contribution in [-0.4, -0.2) is 20.9 Å². The zero-order valence-electron chi connectivity index (χ0n) is 21.9. The average Bonchev–Trinajstić information content (AvgIpc) is 3.45. The molecule has 2 heterocycles. The molecule has 0 fully saturated rings. The second kappa shape index (κ2) is 14.5. The molecule has 0 unspecified atom stereocenters. The highest BCUT2D eigenvalue weighted by atomic mass is 35.5. The number of thiazole rings is 2. The largest absolute Gasteiger partial charge is 0.303 e. The Kier molecular flexibility index (Phi) is 10.8. The molecular weight excluding hydrogens is 583 g/mol. The van der Waals surface area contributed by atoms with E-state index >= 15 is 0 Å². The van der Waals surface area contributed by atoms with Crippen molar-refractivity contribution in [1.82, 2.24) is 9.13 Å². The standard InChI is InChI=1S/C30H28Cl2N4O2S2/c1-3-19-35-27-21(31)13-11-15-23(27)39-29(35)33-25(37)17-9-7-5-6-8-10-18-26(38)34-30-36(20-4-2)28-22(32)14-12-16-24(28)40-30/h1-2,11-16H,5-10,17-20H2. The van der Waals surface area contributed by atoms with Crippen LogP contribution >= 0.6 is 45.9 Å². The number of rotatable bonds is 11. The Balaban J connectivity index is 1.21. The molecule has 0 saturated heterocycles. The number of aromatic nitrogens is 2. The van der Waals surface area contributed by atoms with Crippen molar-refractivity contribution in [1.29, 1.82) is 0 Å². The molecule has 6 nitrogen and oxygen atoms in total. The van der Waals surface area contributed by atoms with Crippen LogP contribution in [0.5, 0.6) is 0 Å². The minimum atomic E-state index is -0.162. The van der Waals surface area contributed by atoms with Crippen LogP contribution in [0.1, 0.15) is 51.4 Å². The van der Waals surface area contributed by atoms with Gasteiger partial charge in [0.25, 0.3) is 0 Å². The monoisotopic (exact) mass is 610 g/mol. The summed E-state index contributed by atoms with van der Waals surface area (Å²) in [6.45, 7) is 0.601.